The smallest absolute Gasteiger partial charge is 0.309 e. The maximum absolute atomic E-state index is 14.0. The van der Waals surface area contributed by atoms with Crippen molar-refractivity contribution in [2.75, 3.05) is 6.54 Å². The van der Waals surface area contributed by atoms with Crippen molar-refractivity contribution in [2.24, 2.45) is 0 Å². The van der Waals surface area contributed by atoms with Gasteiger partial charge < -0.3 is 4.57 Å². The predicted octanol–water partition coefficient (Wildman–Crippen LogP) is 13.0. The van der Waals surface area contributed by atoms with Crippen LogP contribution in [0.1, 0.15) is 34.6 Å². The van der Waals surface area contributed by atoms with Gasteiger partial charge in [0.05, 0.1) is 1.28 Å². The standard InChI is InChI=1S/C18H14BrOP.C12H10OP.C8H19N.C6H4BrI.H5P3/c19-17-13-7-8-14-18(17)21(20,15-9-3-1-4-10-15)16-11-5-2-6-12-16;13-14(11-7-3-1-4-8-11)12-9-5-2-6-10-12;1-6-9(7(2)3)8(4)5;7-5-3-1-2-4-6(5)8;1-3-2/h1-14H;1-10H;7-8H,6H2,1-5H3;1-4H;3H,1-2H2/q;+1;;;/i;;;;3D. The number of hydrogen-bond acceptors (Lipinski definition) is 3. The molecule has 2 atom stereocenters. The van der Waals surface area contributed by atoms with Gasteiger partial charge in [0.15, 0.2) is 17.8 Å². The van der Waals surface area contributed by atoms with Gasteiger partial charge in [0.1, 0.15) is 0 Å². The zero-order chi connectivity index (χ0) is 41.5. The lowest BCUT2D eigenvalue weighted by molar-refractivity contribution is 0.185. The number of halogens is 3. The topological polar surface area (TPSA) is 37.4 Å². The molecular weight excluding hydrogens is 1020 g/mol. The second-order valence-electron chi connectivity index (χ2n) is 12.3. The maximum atomic E-state index is 14.0. The molecule has 0 aromatic heterocycles. The van der Waals surface area contributed by atoms with E-state index >= 15 is 0 Å². The summed E-state index contributed by atoms with van der Waals surface area (Å²) in [6.07, 6.45) is 0. The molecule has 0 aliphatic heterocycles. The van der Waals surface area contributed by atoms with Crippen molar-refractivity contribution >= 4 is 122 Å². The van der Waals surface area contributed by atoms with Crippen LogP contribution in [0.4, 0.5) is 0 Å². The van der Waals surface area contributed by atoms with E-state index < -0.39 is 22.8 Å². The summed E-state index contributed by atoms with van der Waals surface area (Å²) in [4.78, 5) is 2.46. The zero-order valence-corrected chi connectivity index (χ0v) is 42.2. The molecule has 6 rings (SSSR count). The lowest BCUT2D eigenvalue weighted by atomic mass is 10.2. The highest BCUT2D eigenvalue weighted by Gasteiger charge is 2.31. The molecule has 6 aromatic rings. The van der Waals surface area contributed by atoms with Crippen LogP contribution in [-0.2, 0) is 9.13 Å². The van der Waals surface area contributed by atoms with Gasteiger partial charge >= 0.3 is 7.80 Å². The normalized spacial score (nSPS) is 10.8. The fourth-order valence-corrected chi connectivity index (χ4v) is 11.1. The molecule has 55 heavy (non-hydrogen) atoms. The predicted molar refractivity (Wildman–Crippen MR) is 271 cm³/mol. The minimum atomic E-state index is -2.86. The minimum absolute atomic E-state index is 0.537. The van der Waals surface area contributed by atoms with Gasteiger partial charge in [-0.2, -0.15) is 0 Å². The van der Waals surface area contributed by atoms with Gasteiger partial charge in [0.2, 0.25) is 0 Å². The van der Waals surface area contributed by atoms with Crippen molar-refractivity contribution in [3.05, 3.63) is 182 Å². The first-order valence-corrected chi connectivity index (χ1v) is 27.5. The Morgan fingerprint density at radius 1 is 0.636 bits per heavy atom. The van der Waals surface area contributed by atoms with Crippen molar-refractivity contribution in [1.29, 1.82) is 1.28 Å². The zero-order valence-electron chi connectivity index (χ0n) is 32.9. The van der Waals surface area contributed by atoms with Gasteiger partial charge in [-0.25, -0.2) is 0 Å². The summed E-state index contributed by atoms with van der Waals surface area (Å²) in [5.41, 5.74) is 0. The highest BCUT2D eigenvalue weighted by atomic mass is 127. The third-order valence-corrected chi connectivity index (χ3v) is 16.0. The first kappa shape index (κ1) is 48.0. The second kappa shape index (κ2) is 28.1. The average Bonchev–Trinajstić information content (AvgIpc) is 3.20. The SMILES string of the molecule is Brc1ccccc1I.CCN(C(C)C)C(C)C.O=P(c1ccccc1)(c1ccccc1)c1ccccc1Br.O=[P+](c1ccccc1)c1ccccc1.[2H]P(P)P. The van der Waals surface area contributed by atoms with E-state index in [9.17, 15) is 9.13 Å². The lowest BCUT2D eigenvalue weighted by Gasteiger charge is -2.28. The molecule has 0 saturated carbocycles. The Morgan fingerprint density at radius 3 is 1.25 bits per heavy atom. The van der Waals surface area contributed by atoms with Crippen LogP contribution in [0.3, 0.4) is 0 Å². The van der Waals surface area contributed by atoms with Crippen molar-refractivity contribution in [3.8, 4) is 0 Å². The molecule has 0 spiro atoms. The van der Waals surface area contributed by atoms with E-state index in [-0.39, 0.29) is 0 Å². The van der Waals surface area contributed by atoms with E-state index in [1.54, 1.807) is 0 Å². The van der Waals surface area contributed by atoms with E-state index in [1.807, 2.05) is 164 Å². The Balaban J connectivity index is 0.000000268. The largest absolute Gasteiger partial charge is 0.415 e. The summed E-state index contributed by atoms with van der Waals surface area (Å²) in [5.74, 6) is 0. The van der Waals surface area contributed by atoms with Crippen LogP contribution in [0, 0.1) is 3.57 Å². The molecule has 0 N–H and O–H groups in total. The highest BCUT2D eigenvalue weighted by Crippen LogP contribution is 2.44. The van der Waals surface area contributed by atoms with Gasteiger partial charge in [-0.3, -0.25) is 4.90 Å². The van der Waals surface area contributed by atoms with Crippen LogP contribution in [0.2, 0.25) is 0 Å². The summed E-state index contributed by atoms with van der Waals surface area (Å²) in [5, 5.41) is 4.30. The fraction of sp³-hybridized carbons (Fsp3) is 0.182. The third-order valence-electron chi connectivity index (χ3n) is 7.93. The number of nitrogens with zero attached hydrogens (tertiary/aromatic N) is 1. The van der Waals surface area contributed by atoms with Crippen LogP contribution in [0.25, 0.3) is 0 Å². The summed E-state index contributed by atoms with van der Waals surface area (Å²) in [6.45, 7) is 12.3. The second-order valence-corrected chi connectivity index (χ2v) is 23.4. The summed E-state index contributed by atoms with van der Waals surface area (Å²) in [6, 6.07) is 55.7. The van der Waals surface area contributed by atoms with Crippen LogP contribution >= 0.6 is 95.2 Å². The molecule has 0 heterocycles. The van der Waals surface area contributed by atoms with E-state index in [2.05, 4.69) is 118 Å². The van der Waals surface area contributed by atoms with Gasteiger partial charge in [-0.1, -0.05) is 157 Å². The Labute approximate surface area is 369 Å². The monoisotopic (exact) mass is 1070 g/mol. The summed E-state index contributed by atoms with van der Waals surface area (Å²) in [7, 11) is -0.115. The number of rotatable bonds is 8. The van der Waals surface area contributed by atoms with Gasteiger partial charge in [-0.15, -0.1) is 17.9 Å². The van der Waals surface area contributed by atoms with Gasteiger partial charge in [0.25, 0.3) is 0 Å². The van der Waals surface area contributed by atoms with Gasteiger partial charge in [-0.05, 0) is 121 Å². The van der Waals surface area contributed by atoms with E-state index in [0.717, 1.165) is 37.5 Å². The van der Waals surface area contributed by atoms with Crippen LogP contribution in [0.15, 0.2) is 179 Å². The molecule has 0 fully saturated rings. The van der Waals surface area contributed by atoms with Crippen LogP contribution in [0.5, 0.6) is 0 Å². The summed E-state index contributed by atoms with van der Waals surface area (Å²) >= 11 is 9.22. The molecule has 6 aromatic carbocycles. The fourth-order valence-electron chi connectivity index (χ4n) is 5.45. The Bertz CT molecular complexity index is 1920. The molecule has 3 nitrogen and oxygen atoms in total. The lowest BCUT2D eigenvalue weighted by Crippen LogP contribution is -2.36. The minimum Gasteiger partial charge on any atom is -0.309 e. The van der Waals surface area contributed by atoms with Crippen molar-refractivity contribution in [2.45, 2.75) is 46.7 Å². The number of hydrogen-bond donors (Lipinski definition) is 0. The van der Waals surface area contributed by atoms with Crippen molar-refractivity contribution in [3.63, 3.8) is 0 Å². The van der Waals surface area contributed by atoms with Gasteiger partial charge in [0, 0.05) is 40.5 Å². The third kappa shape index (κ3) is 17.1. The molecule has 0 bridgehead atoms. The first-order valence-electron chi connectivity index (χ1n) is 18.2. The Hall–Kier alpha value is -1.41. The average molecular weight is 1070 g/mol. The van der Waals surface area contributed by atoms with Crippen molar-refractivity contribution < 1.29 is 9.13 Å². The first-order chi connectivity index (χ1) is 26.7. The van der Waals surface area contributed by atoms with Crippen LogP contribution < -0.4 is 26.5 Å². The van der Waals surface area contributed by atoms with Crippen LogP contribution in [-0.4, -0.2) is 24.8 Å². The Morgan fingerprint density at radius 2 is 0.964 bits per heavy atom. The highest BCUT2D eigenvalue weighted by molar-refractivity contribution is 14.1. The van der Waals surface area contributed by atoms with E-state index in [1.165, 1.54) is 8.04 Å². The summed E-state index contributed by atoms with van der Waals surface area (Å²) < 4.78 is 35.9. The molecule has 290 valence electrons. The molecule has 0 aliphatic rings. The molecule has 0 radical (unpaired) electrons. The molecule has 0 saturated heterocycles. The van der Waals surface area contributed by atoms with Crippen molar-refractivity contribution in [1.82, 2.24) is 4.90 Å². The molecular formula is C44H52Br2INO2P5+. The molecule has 0 amide bonds. The molecule has 2 unspecified atom stereocenters. The number of benzene rings is 6. The molecule has 11 heteroatoms. The van der Waals surface area contributed by atoms with E-state index in [0.29, 0.717) is 12.1 Å². The quantitative estimate of drug-likeness (QED) is 0.113. The van der Waals surface area contributed by atoms with E-state index in [4.69, 9.17) is 1.28 Å². The molecule has 0 aliphatic carbocycles. The maximum Gasteiger partial charge on any atom is 0.415 e. The Kier molecular flexibility index (Phi) is 24.5.